The summed E-state index contributed by atoms with van der Waals surface area (Å²) in [5, 5.41) is 30.6. The minimum atomic E-state index is -2.45. The van der Waals surface area contributed by atoms with Crippen molar-refractivity contribution < 1.29 is 54.8 Å². The average Bonchev–Trinajstić information content (AvgIpc) is 3.78. The van der Waals surface area contributed by atoms with Crippen LogP contribution in [0.5, 0.6) is 0 Å². The first-order chi connectivity index (χ1) is 21.5. The second kappa shape index (κ2) is 16.0. The van der Waals surface area contributed by atoms with E-state index in [0.717, 1.165) is 38.5 Å². The van der Waals surface area contributed by atoms with Crippen molar-refractivity contribution in [1.82, 2.24) is 42.5 Å². The van der Waals surface area contributed by atoms with Crippen LogP contribution in [0.1, 0.15) is 77.0 Å². The van der Waals surface area contributed by atoms with Crippen molar-refractivity contribution in [3.05, 3.63) is 0 Å². The van der Waals surface area contributed by atoms with Crippen LogP contribution in [0.15, 0.2) is 0 Å². The first kappa shape index (κ1) is 40.0. The molecule has 272 valence electrons. The third kappa shape index (κ3) is 6.62. The molecule has 5 heterocycles. The zero-order chi connectivity index (χ0) is 29.7. The van der Waals surface area contributed by atoms with Crippen molar-refractivity contribution in [3.63, 3.8) is 0 Å². The van der Waals surface area contributed by atoms with E-state index in [1.54, 1.807) is 0 Å². The first-order valence-corrected chi connectivity index (χ1v) is 18.1. The Morgan fingerprint density at radius 3 is 0.708 bits per heavy atom. The van der Waals surface area contributed by atoms with E-state index in [2.05, 4.69) is 42.5 Å². The van der Waals surface area contributed by atoms with Crippen LogP contribution in [0, 0.1) is 47.3 Å². The van der Waals surface area contributed by atoms with Gasteiger partial charge in [-0.3, -0.25) is 42.5 Å². The summed E-state index contributed by atoms with van der Waals surface area (Å²) < 4.78 is 61.5. The standard InChI is InChI=1S/C32H52F4N8.Al.3ClH/c33-21-19-20(22(34)24(36)23(21)35)32-43-30-18-12-6-4-10-16(18)28(41-30)39-26-14-8-2-1-7-13(14)25(37-26)38-27-15-9-3-5-11-17(15)29(40-27)42-31(19)44-32;;;;/h13-32,37-44H,1-12H2;;3*1H/q;+3;;;/p-3. The Bertz CT molecular complexity index is 1000. The van der Waals surface area contributed by atoms with Gasteiger partial charge in [-0.15, -0.1) is 0 Å². The van der Waals surface area contributed by atoms with E-state index in [4.69, 9.17) is 0 Å². The van der Waals surface area contributed by atoms with Crippen LogP contribution in [0.25, 0.3) is 0 Å². The van der Waals surface area contributed by atoms with Gasteiger partial charge >= 0.3 is 17.4 Å². The molecule has 9 aliphatic rings. The number of hydrogen-bond donors (Lipinski definition) is 8. The average molecular weight is 758 g/mol. The molecule has 0 aromatic carbocycles. The van der Waals surface area contributed by atoms with Crippen LogP contribution in [-0.4, -0.2) is 91.4 Å². The molecule has 4 saturated carbocycles. The van der Waals surface area contributed by atoms with Crippen LogP contribution in [0.4, 0.5) is 17.6 Å². The minimum Gasteiger partial charge on any atom is -1.00 e. The molecule has 0 radical (unpaired) electrons. The molecule has 20 unspecified atom stereocenters. The van der Waals surface area contributed by atoms with Crippen molar-refractivity contribution in [1.29, 1.82) is 0 Å². The summed E-state index contributed by atoms with van der Waals surface area (Å²) in [5.41, 5.74) is 0. The fourth-order valence-electron chi connectivity index (χ4n) is 11.9. The van der Waals surface area contributed by atoms with Crippen molar-refractivity contribution in [2.45, 2.75) is 151 Å². The van der Waals surface area contributed by atoms with Crippen molar-refractivity contribution in [2.75, 3.05) is 0 Å². The summed E-state index contributed by atoms with van der Waals surface area (Å²) in [7, 11) is 0. The largest absolute Gasteiger partial charge is 3.00 e. The molecule has 8 N–H and O–H groups in total. The normalized spacial score (nSPS) is 55.2. The maximum absolute atomic E-state index is 15.8. The van der Waals surface area contributed by atoms with Gasteiger partial charge in [0, 0.05) is 11.8 Å². The Hall–Kier alpha value is 0.802. The molecule has 8 bridgehead atoms. The Morgan fingerprint density at radius 2 is 0.479 bits per heavy atom. The third-order valence-corrected chi connectivity index (χ3v) is 13.9. The summed E-state index contributed by atoms with van der Waals surface area (Å²) >= 11 is 0. The molecule has 0 aromatic heterocycles. The number of fused-ring (bicyclic) bond motifs is 20. The molecule has 9 rings (SSSR count). The number of rotatable bonds is 0. The molecular formula is C32H52AlCl3F4N8. The van der Waals surface area contributed by atoms with Crippen LogP contribution >= 0.6 is 0 Å². The summed E-state index contributed by atoms with van der Waals surface area (Å²) in [4.78, 5) is 0. The third-order valence-electron chi connectivity index (χ3n) is 13.9. The van der Waals surface area contributed by atoms with E-state index < -0.39 is 48.9 Å². The minimum absolute atomic E-state index is 0. The summed E-state index contributed by atoms with van der Waals surface area (Å²) in [6.07, 6.45) is 3.98. The molecule has 16 heteroatoms. The molecular weight excluding hydrogens is 706 g/mol. The van der Waals surface area contributed by atoms with E-state index in [0.29, 0.717) is 35.5 Å². The van der Waals surface area contributed by atoms with Gasteiger partial charge in [0.25, 0.3) is 0 Å². The molecule has 48 heavy (non-hydrogen) atoms. The first-order valence-electron chi connectivity index (χ1n) is 18.1. The van der Waals surface area contributed by atoms with Crippen molar-refractivity contribution in [3.8, 4) is 0 Å². The molecule has 5 saturated heterocycles. The summed E-state index contributed by atoms with van der Waals surface area (Å²) in [5.74, 6) is 0.629. The molecule has 4 aliphatic carbocycles. The van der Waals surface area contributed by atoms with E-state index in [-0.39, 0.29) is 91.6 Å². The van der Waals surface area contributed by atoms with Gasteiger partial charge in [-0.25, -0.2) is 17.6 Å². The van der Waals surface area contributed by atoms with Gasteiger partial charge in [0.15, 0.2) is 12.3 Å². The fourth-order valence-corrected chi connectivity index (χ4v) is 11.9. The van der Waals surface area contributed by atoms with Crippen LogP contribution in [-0.2, 0) is 0 Å². The van der Waals surface area contributed by atoms with E-state index in [1.165, 1.54) is 38.5 Å². The molecule has 8 nitrogen and oxygen atoms in total. The van der Waals surface area contributed by atoms with Crippen molar-refractivity contribution in [2.24, 2.45) is 47.3 Å². The fraction of sp³-hybridized carbons (Fsp3) is 1.00. The second-order valence-electron chi connectivity index (χ2n) is 15.9. The molecule has 5 aliphatic heterocycles. The Kier molecular flexibility index (Phi) is 13.4. The number of hydrogen-bond acceptors (Lipinski definition) is 8. The Labute approximate surface area is 311 Å². The molecule has 20 atom stereocenters. The summed E-state index contributed by atoms with van der Waals surface area (Å²) in [6.45, 7) is 0. The van der Waals surface area contributed by atoms with Crippen LogP contribution < -0.4 is 79.8 Å². The monoisotopic (exact) mass is 756 g/mol. The van der Waals surface area contributed by atoms with Gasteiger partial charge in [-0.2, -0.15) is 0 Å². The van der Waals surface area contributed by atoms with E-state index >= 15 is 8.78 Å². The van der Waals surface area contributed by atoms with Gasteiger partial charge in [0.1, 0.15) is 12.3 Å². The number of alkyl halides is 4. The van der Waals surface area contributed by atoms with Crippen LogP contribution in [0.2, 0.25) is 0 Å². The molecule has 0 amide bonds. The predicted octanol–water partition coefficient (Wildman–Crippen LogP) is -6.97. The molecule has 0 aromatic rings. The molecule has 0 spiro atoms. The van der Waals surface area contributed by atoms with Crippen LogP contribution in [0.3, 0.4) is 0 Å². The Balaban J connectivity index is 0.00000113. The maximum atomic E-state index is 15.8. The van der Waals surface area contributed by atoms with Gasteiger partial charge in [-0.05, 0) is 74.0 Å². The van der Waals surface area contributed by atoms with Gasteiger partial charge in [0.2, 0.25) is 0 Å². The van der Waals surface area contributed by atoms with Gasteiger partial charge < -0.3 is 37.2 Å². The topological polar surface area (TPSA) is 96.2 Å². The zero-order valence-electron chi connectivity index (χ0n) is 27.3. The quantitative estimate of drug-likeness (QED) is 0.0915. The van der Waals surface area contributed by atoms with Gasteiger partial charge in [-0.1, -0.05) is 38.5 Å². The second-order valence-corrected chi connectivity index (χ2v) is 15.9. The SMILES string of the molecule is FC1C(F)C(F)C2C3NC4NC(NC5NC(NC6NC(NC(N3)C2C1F)C1CCCCC61)C1CCCCC51)C1CCCCC41.[Al+3].[Cl-].[Cl-].[Cl-]. The Morgan fingerprint density at radius 1 is 0.292 bits per heavy atom. The number of halogens is 7. The van der Waals surface area contributed by atoms with Gasteiger partial charge in [0.05, 0.1) is 49.3 Å². The van der Waals surface area contributed by atoms with E-state index in [1.807, 2.05) is 0 Å². The van der Waals surface area contributed by atoms with E-state index in [9.17, 15) is 8.78 Å². The number of nitrogens with one attached hydrogen (secondary N) is 8. The predicted molar refractivity (Wildman–Crippen MR) is 164 cm³/mol. The maximum Gasteiger partial charge on any atom is 3.00 e. The smallest absolute Gasteiger partial charge is 1.00 e. The molecule has 9 fully saturated rings. The summed E-state index contributed by atoms with van der Waals surface area (Å²) in [6, 6.07) is 0. The van der Waals surface area contributed by atoms with Crippen molar-refractivity contribution >= 4 is 17.4 Å². The zero-order valence-corrected chi connectivity index (χ0v) is 30.7.